The molecule has 0 spiro atoms. The number of nitrogens with two attached hydrogens (primary N) is 1. The van der Waals surface area contributed by atoms with E-state index in [4.69, 9.17) is 5.84 Å². The number of hydrazine groups is 1. The number of rotatable bonds is 5. The number of hydrogen-bond acceptors (Lipinski definition) is 6. The van der Waals surface area contributed by atoms with Gasteiger partial charge in [-0.15, -0.1) is 0 Å². The zero-order chi connectivity index (χ0) is 14.6. The second kappa shape index (κ2) is 6.75. The van der Waals surface area contributed by atoms with Gasteiger partial charge in [-0.3, -0.25) is 10.8 Å². The first-order chi connectivity index (χ1) is 9.58. The number of aromatic nitrogens is 1. The fourth-order valence-corrected chi connectivity index (χ4v) is 4.93. The van der Waals surface area contributed by atoms with Crippen molar-refractivity contribution in [1.82, 2.24) is 9.71 Å². The molecular formula is C12H20N4O2S2. The van der Waals surface area contributed by atoms with Crippen LogP contribution in [0.2, 0.25) is 0 Å². The minimum Gasteiger partial charge on any atom is -0.323 e. The van der Waals surface area contributed by atoms with Crippen LogP contribution in [0, 0.1) is 0 Å². The van der Waals surface area contributed by atoms with Gasteiger partial charge in [0.1, 0.15) is 4.90 Å². The molecule has 1 saturated carbocycles. The van der Waals surface area contributed by atoms with Crippen LogP contribution in [0.5, 0.6) is 0 Å². The van der Waals surface area contributed by atoms with E-state index < -0.39 is 10.0 Å². The van der Waals surface area contributed by atoms with Crippen LogP contribution in [0.3, 0.4) is 0 Å². The number of thioether (sulfide) groups is 1. The summed E-state index contributed by atoms with van der Waals surface area (Å²) in [6.07, 6.45) is 8.97. The van der Waals surface area contributed by atoms with Crippen LogP contribution in [-0.4, -0.2) is 30.9 Å². The minimum absolute atomic E-state index is 0.0328. The van der Waals surface area contributed by atoms with E-state index in [1.54, 1.807) is 17.8 Å². The molecule has 0 bridgehead atoms. The number of hydrogen-bond donors (Lipinski definition) is 3. The van der Waals surface area contributed by atoms with Crippen molar-refractivity contribution in [3.8, 4) is 0 Å². The molecule has 1 aromatic heterocycles. The number of sulfonamides is 1. The van der Waals surface area contributed by atoms with Crippen LogP contribution in [0.15, 0.2) is 23.4 Å². The van der Waals surface area contributed by atoms with Crippen LogP contribution < -0.4 is 16.0 Å². The average molecular weight is 316 g/mol. The highest BCUT2D eigenvalue weighted by atomic mass is 32.2. The first-order valence-electron chi connectivity index (χ1n) is 6.54. The number of pyridine rings is 1. The molecule has 2 atom stereocenters. The lowest BCUT2D eigenvalue weighted by atomic mass is 9.96. The van der Waals surface area contributed by atoms with Gasteiger partial charge in [0.25, 0.3) is 0 Å². The Hall–Kier alpha value is -0.830. The summed E-state index contributed by atoms with van der Waals surface area (Å²) in [6.45, 7) is 0. The monoisotopic (exact) mass is 316 g/mol. The molecule has 1 aliphatic rings. The molecule has 0 radical (unpaired) electrons. The van der Waals surface area contributed by atoms with Crippen molar-refractivity contribution < 1.29 is 8.42 Å². The van der Waals surface area contributed by atoms with E-state index >= 15 is 0 Å². The van der Waals surface area contributed by atoms with Crippen molar-refractivity contribution in [3.63, 3.8) is 0 Å². The SMILES string of the molecule is CSC1CCCCC1NS(=O)(=O)c1cnccc1NN. The Balaban J connectivity index is 2.22. The predicted molar refractivity (Wildman–Crippen MR) is 81.9 cm³/mol. The Labute approximate surface area is 123 Å². The number of anilines is 1. The summed E-state index contributed by atoms with van der Waals surface area (Å²) in [4.78, 5) is 3.96. The zero-order valence-electron chi connectivity index (χ0n) is 11.4. The highest BCUT2D eigenvalue weighted by Crippen LogP contribution is 2.29. The Kier molecular flexibility index (Phi) is 5.25. The molecule has 112 valence electrons. The molecule has 1 fully saturated rings. The van der Waals surface area contributed by atoms with E-state index in [0.29, 0.717) is 10.9 Å². The first kappa shape index (κ1) is 15.6. The van der Waals surface area contributed by atoms with Gasteiger partial charge in [0, 0.05) is 23.7 Å². The Morgan fingerprint density at radius 1 is 1.40 bits per heavy atom. The summed E-state index contributed by atoms with van der Waals surface area (Å²) in [6, 6.07) is 1.51. The Morgan fingerprint density at radius 2 is 2.15 bits per heavy atom. The van der Waals surface area contributed by atoms with Crippen LogP contribution >= 0.6 is 11.8 Å². The molecule has 0 saturated heterocycles. The molecule has 2 rings (SSSR count). The van der Waals surface area contributed by atoms with Gasteiger partial charge in [0.05, 0.1) is 5.69 Å². The Bertz CT molecular complexity index is 550. The van der Waals surface area contributed by atoms with Crippen LogP contribution in [0.25, 0.3) is 0 Å². The van der Waals surface area contributed by atoms with Crippen molar-refractivity contribution in [2.45, 2.75) is 41.9 Å². The van der Waals surface area contributed by atoms with Crippen molar-refractivity contribution in [3.05, 3.63) is 18.5 Å². The summed E-state index contributed by atoms with van der Waals surface area (Å²) in [5, 5.41) is 0.324. The number of nitrogens with one attached hydrogen (secondary N) is 2. The summed E-state index contributed by atoms with van der Waals surface area (Å²) in [7, 11) is -3.61. The third-order valence-electron chi connectivity index (χ3n) is 3.54. The average Bonchev–Trinajstić information content (AvgIpc) is 2.47. The van der Waals surface area contributed by atoms with E-state index in [1.165, 1.54) is 12.4 Å². The molecule has 8 heteroatoms. The van der Waals surface area contributed by atoms with Gasteiger partial charge in [0.2, 0.25) is 10.0 Å². The maximum atomic E-state index is 12.5. The fraction of sp³-hybridized carbons (Fsp3) is 0.583. The summed E-state index contributed by atoms with van der Waals surface area (Å²) in [5.41, 5.74) is 2.75. The lowest BCUT2D eigenvalue weighted by Crippen LogP contribution is -2.43. The highest BCUT2D eigenvalue weighted by Gasteiger charge is 2.30. The predicted octanol–water partition coefficient (Wildman–Crippen LogP) is 1.32. The minimum atomic E-state index is -3.61. The molecule has 0 aliphatic heterocycles. The second-order valence-corrected chi connectivity index (χ2v) is 7.56. The molecule has 6 nitrogen and oxygen atoms in total. The summed E-state index contributed by atoms with van der Waals surface area (Å²) in [5.74, 6) is 5.36. The molecule has 1 aromatic rings. The number of nitrogen functional groups attached to an aromatic ring is 1. The van der Waals surface area contributed by atoms with E-state index in [1.807, 2.05) is 6.26 Å². The molecular weight excluding hydrogens is 296 g/mol. The third kappa shape index (κ3) is 3.43. The zero-order valence-corrected chi connectivity index (χ0v) is 13.0. The van der Waals surface area contributed by atoms with Crippen LogP contribution in [0.1, 0.15) is 25.7 Å². The van der Waals surface area contributed by atoms with Gasteiger partial charge in [-0.2, -0.15) is 11.8 Å². The van der Waals surface area contributed by atoms with E-state index in [9.17, 15) is 8.42 Å². The van der Waals surface area contributed by atoms with Crippen molar-refractivity contribution >= 4 is 27.5 Å². The standard InChI is InChI=1S/C12H20N4O2S2/c1-19-11-5-3-2-4-9(11)16-20(17,18)12-8-14-7-6-10(12)15-13/h6-9,11,16H,2-5,13H2,1H3,(H,14,15). The maximum Gasteiger partial charge on any atom is 0.244 e. The normalized spacial score (nSPS) is 23.5. The summed E-state index contributed by atoms with van der Waals surface area (Å²) < 4.78 is 27.8. The van der Waals surface area contributed by atoms with Gasteiger partial charge < -0.3 is 5.43 Å². The number of nitrogens with zero attached hydrogens (tertiary/aromatic N) is 1. The van der Waals surface area contributed by atoms with Gasteiger partial charge in [-0.25, -0.2) is 13.1 Å². The smallest absolute Gasteiger partial charge is 0.244 e. The maximum absolute atomic E-state index is 12.5. The van der Waals surface area contributed by atoms with Gasteiger partial charge in [-0.1, -0.05) is 12.8 Å². The topological polar surface area (TPSA) is 97.1 Å². The van der Waals surface area contributed by atoms with E-state index in [-0.39, 0.29) is 10.9 Å². The second-order valence-electron chi connectivity index (χ2n) is 4.80. The Morgan fingerprint density at radius 3 is 2.85 bits per heavy atom. The van der Waals surface area contributed by atoms with Gasteiger partial charge in [0.15, 0.2) is 0 Å². The molecule has 4 N–H and O–H groups in total. The first-order valence-corrected chi connectivity index (χ1v) is 9.31. The molecule has 0 aromatic carbocycles. The van der Waals surface area contributed by atoms with Crippen LogP contribution in [-0.2, 0) is 10.0 Å². The van der Waals surface area contributed by atoms with Gasteiger partial charge in [-0.05, 0) is 25.2 Å². The molecule has 1 aliphatic carbocycles. The fourth-order valence-electron chi connectivity index (χ4n) is 2.49. The molecule has 1 heterocycles. The van der Waals surface area contributed by atoms with Crippen molar-refractivity contribution in [2.75, 3.05) is 11.7 Å². The largest absolute Gasteiger partial charge is 0.323 e. The molecule has 0 amide bonds. The van der Waals surface area contributed by atoms with Crippen molar-refractivity contribution in [1.29, 1.82) is 0 Å². The lowest BCUT2D eigenvalue weighted by Gasteiger charge is -2.30. The van der Waals surface area contributed by atoms with Crippen molar-refractivity contribution in [2.24, 2.45) is 5.84 Å². The van der Waals surface area contributed by atoms with Crippen LogP contribution in [0.4, 0.5) is 5.69 Å². The molecule has 20 heavy (non-hydrogen) atoms. The highest BCUT2D eigenvalue weighted by molar-refractivity contribution is 7.99. The lowest BCUT2D eigenvalue weighted by molar-refractivity contribution is 0.423. The quantitative estimate of drug-likeness (QED) is 0.560. The third-order valence-corrected chi connectivity index (χ3v) is 6.23. The van der Waals surface area contributed by atoms with Gasteiger partial charge >= 0.3 is 0 Å². The van der Waals surface area contributed by atoms with E-state index in [0.717, 1.165) is 25.7 Å². The van der Waals surface area contributed by atoms with E-state index in [2.05, 4.69) is 15.1 Å². The summed E-state index contributed by atoms with van der Waals surface area (Å²) >= 11 is 1.72. The molecule has 2 unspecified atom stereocenters.